The first-order valence-electron chi connectivity index (χ1n) is 7.47. The van der Waals surface area contributed by atoms with Gasteiger partial charge in [-0.05, 0) is 37.1 Å². The summed E-state index contributed by atoms with van der Waals surface area (Å²) in [5.41, 5.74) is 0.802. The second-order valence-corrected chi connectivity index (χ2v) is 6.23. The molecule has 1 saturated carbocycles. The Labute approximate surface area is 126 Å². The van der Waals surface area contributed by atoms with Gasteiger partial charge in [-0.25, -0.2) is 0 Å². The Kier molecular flexibility index (Phi) is 6.31. The van der Waals surface area contributed by atoms with Crippen molar-refractivity contribution in [1.82, 2.24) is 0 Å². The third-order valence-corrected chi connectivity index (χ3v) is 4.59. The van der Waals surface area contributed by atoms with Crippen LogP contribution in [0.5, 0.6) is 0 Å². The van der Waals surface area contributed by atoms with E-state index in [9.17, 15) is 4.79 Å². The normalized spacial score (nSPS) is 16.6. The van der Waals surface area contributed by atoms with Gasteiger partial charge in [0, 0.05) is 29.6 Å². The van der Waals surface area contributed by atoms with Gasteiger partial charge in [0.2, 0.25) is 0 Å². The minimum atomic E-state index is 0.193. The Morgan fingerprint density at radius 3 is 2.60 bits per heavy atom. The number of hydrogen-bond donors (Lipinski definition) is 0. The van der Waals surface area contributed by atoms with Crippen molar-refractivity contribution in [2.45, 2.75) is 43.4 Å². The molecule has 0 unspecified atom stereocenters. The molecule has 0 radical (unpaired) electrons. The average Bonchev–Trinajstić information content (AvgIpc) is 2.52. The van der Waals surface area contributed by atoms with Gasteiger partial charge in [-0.15, -0.1) is 11.8 Å². The lowest BCUT2D eigenvalue weighted by atomic mass is 9.90. The number of nitrogens with zero attached hydrogens (tertiary/aromatic N) is 1. The number of thioether (sulfide) groups is 1. The summed E-state index contributed by atoms with van der Waals surface area (Å²) >= 11 is 1.69. The molecule has 108 valence electrons. The Morgan fingerprint density at radius 2 is 1.95 bits per heavy atom. The lowest BCUT2D eigenvalue weighted by molar-refractivity contribution is 0.0985. The van der Waals surface area contributed by atoms with E-state index in [1.807, 2.05) is 30.5 Å². The molecule has 0 saturated heterocycles. The summed E-state index contributed by atoms with van der Waals surface area (Å²) in [5, 5.41) is 0. The van der Waals surface area contributed by atoms with E-state index < -0.39 is 0 Å². The van der Waals surface area contributed by atoms with Crippen LogP contribution >= 0.6 is 11.8 Å². The molecule has 1 aliphatic carbocycles. The molecule has 0 aromatic heterocycles. The molecule has 1 aromatic rings. The van der Waals surface area contributed by atoms with Crippen molar-refractivity contribution < 1.29 is 4.79 Å². The predicted molar refractivity (Wildman–Crippen MR) is 87.1 cm³/mol. The van der Waals surface area contributed by atoms with Crippen molar-refractivity contribution in [2.24, 2.45) is 10.9 Å². The molecule has 1 aromatic carbocycles. The van der Waals surface area contributed by atoms with Crippen LogP contribution in [-0.2, 0) is 0 Å². The summed E-state index contributed by atoms with van der Waals surface area (Å²) in [6.07, 6.45) is 11.2. The second kappa shape index (κ2) is 8.25. The first-order valence-corrected chi connectivity index (χ1v) is 8.69. The summed E-state index contributed by atoms with van der Waals surface area (Å²) in [6, 6.07) is 7.84. The second-order valence-electron chi connectivity index (χ2n) is 5.36. The topological polar surface area (TPSA) is 29.4 Å². The van der Waals surface area contributed by atoms with Gasteiger partial charge in [0.15, 0.2) is 5.78 Å². The Morgan fingerprint density at radius 1 is 1.25 bits per heavy atom. The number of carbonyl (C=O) groups excluding carboxylic acids is 1. The number of benzene rings is 1. The molecule has 0 aliphatic heterocycles. The maximum Gasteiger partial charge on any atom is 0.164 e. The zero-order chi connectivity index (χ0) is 14.2. The van der Waals surface area contributed by atoms with Gasteiger partial charge in [-0.1, -0.05) is 31.4 Å². The molecule has 0 N–H and O–H groups in total. The highest BCUT2D eigenvalue weighted by molar-refractivity contribution is 7.98. The molecule has 2 nitrogen and oxygen atoms in total. The molecule has 0 heterocycles. The molecular weight excluding hydrogens is 266 g/mol. The summed E-state index contributed by atoms with van der Waals surface area (Å²) in [4.78, 5) is 17.7. The zero-order valence-corrected chi connectivity index (χ0v) is 13.0. The highest BCUT2D eigenvalue weighted by Gasteiger charge is 2.10. The Bertz CT molecular complexity index is 447. The molecule has 2 rings (SSSR count). The van der Waals surface area contributed by atoms with Crippen molar-refractivity contribution in [2.75, 3.05) is 12.8 Å². The van der Waals surface area contributed by atoms with Crippen LogP contribution < -0.4 is 0 Å². The van der Waals surface area contributed by atoms with E-state index in [0.29, 0.717) is 18.9 Å². The number of hydrogen-bond acceptors (Lipinski definition) is 3. The van der Waals surface area contributed by atoms with Crippen molar-refractivity contribution >= 4 is 23.8 Å². The van der Waals surface area contributed by atoms with Gasteiger partial charge in [0.25, 0.3) is 0 Å². The van der Waals surface area contributed by atoms with Gasteiger partial charge in [0.05, 0.1) is 0 Å². The van der Waals surface area contributed by atoms with Crippen LogP contribution in [0.1, 0.15) is 48.9 Å². The fraction of sp³-hybridized carbons (Fsp3) is 0.529. The van der Waals surface area contributed by atoms with Crippen molar-refractivity contribution in [3.8, 4) is 0 Å². The minimum Gasteiger partial charge on any atom is -0.297 e. The maximum absolute atomic E-state index is 12.0. The van der Waals surface area contributed by atoms with Crippen LogP contribution in [0.15, 0.2) is 34.2 Å². The van der Waals surface area contributed by atoms with Gasteiger partial charge in [-0.3, -0.25) is 9.79 Å². The maximum atomic E-state index is 12.0. The Hall–Kier alpha value is -1.09. The van der Waals surface area contributed by atoms with Gasteiger partial charge in [-0.2, -0.15) is 0 Å². The summed E-state index contributed by atoms with van der Waals surface area (Å²) < 4.78 is 0. The van der Waals surface area contributed by atoms with E-state index in [0.717, 1.165) is 5.56 Å². The van der Waals surface area contributed by atoms with Crippen molar-refractivity contribution in [3.05, 3.63) is 29.8 Å². The molecule has 1 aliphatic rings. The number of carbonyl (C=O) groups is 1. The van der Waals surface area contributed by atoms with Crippen LogP contribution in [0.4, 0.5) is 0 Å². The fourth-order valence-electron chi connectivity index (χ4n) is 2.59. The van der Waals surface area contributed by atoms with E-state index in [2.05, 4.69) is 11.2 Å². The smallest absolute Gasteiger partial charge is 0.164 e. The first-order chi connectivity index (χ1) is 9.79. The average molecular weight is 289 g/mol. The summed E-state index contributed by atoms with van der Waals surface area (Å²) in [6.45, 7) is 0.625. The zero-order valence-electron chi connectivity index (χ0n) is 12.2. The van der Waals surface area contributed by atoms with Crippen LogP contribution in [0.25, 0.3) is 0 Å². The van der Waals surface area contributed by atoms with Gasteiger partial charge < -0.3 is 0 Å². The van der Waals surface area contributed by atoms with E-state index in [-0.39, 0.29) is 5.78 Å². The minimum absolute atomic E-state index is 0.193. The highest BCUT2D eigenvalue weighted by atomic mass is 32.2. The lowest BCUT2D eigenvalue weighted by Crippen LogP contribution is -2.08. The van der Waals surface area contributed by atoms with Crippen LogP contribution in [0, 0.1) is 5.92 Å². The third-order valence-electron chi connectivity index (χ3n) is 3.85. The SMILES string of the molecule is CSc1ccc(C(=O)CCN=CC2CCCCC2)cc1. The summed E-state index contributed by atoms with van der Waals surface area (Å²) in [7, 11) is 0. The van der Waals surface area contributed by atoms with E-state index in [1.165, 1.54) is 37.0 Å². The van der Waals surface area contributed by atoms with E-state index >= 15 is 0 Å². The van der Waals surface area contributed by atoms with E-state index in [4.69, 9.17) is 0 Å². The molecule has 1 fully saturated rings. The van der Waals surface area contributed by atoms with Crippen LogP contribution in [0.2, 0.25) is 0 Å². The number of Topliss-reactive ketones (excluding diaryl/α,β-unsaturated/α-hetero) is 1. The van der Waals surface area contributed by atoms with Gasteiger partial charge in [0.1, 0.15) is 0 Å². The number of rotatable bonds is 6. The monoisotopic (exact) mass is 289 g/mol. The molecule has 3 heteroatoms. The highest BCUT2D eigenvalue weighted by Crippen LogP contribution is 2.22. The van der Waals surface area contributed by atoms with E-state index in [1.54, 1.807) is 11.8 Å². The molecule has 0 bridgehead atoms. The van der Waals surface area contributed by atoms with Crippen molar-refractivity contribution in [3.63, 3.8) is 0 Å². The van der Waals surface area contributed by atoms with Crippen molar-refractivity contribution in [1.29, 1.82) is 0 Å². The quantitative estimate of drug-likeness (QED) is 0.434. The standard InChI is InChI=1S/C17H23NOS/c1-20-16-9-7-15(8-10-16)17(19)11-12-18-13-14-5-3-2-4-6-14/h7-10,13-14H,2-6,11-12H2,1H3. The van der Waals surface area contributed by atoms with Gasteiger partial charge >= 0.3 is 0 Å². The first kappa shape index (κ1) is 15.3. The number of aliphatic imine (C=N–C) groups is 1. The third kappa shape index (κ3) is 4.78. The molecular formula is C17H23NOS. The summed E-state index contributed by atoms with van der Waals surface area (Å²) in [5.74, 6) is 0.846. The molecule has 20 heavy (non-hydrogen) atoms. The fourth-order valence-corrected chi connectivity index (χ4v) is 3.00. The molecule has 0 atom stereocenters. The van der Waals surface area contributed by atoms with Crippen LogP contribution in [0.3, 0.4) is 0 Å². The largest absolute Gasteiger partial charge is 0.297 e. The predicted octanol–water partition coefficient (Wildman–Crippen LogP) is 4.63. The lowest BCUT2D eigenvalue weighted by Gasteiger charge is -2.16. The van der Waals surface area contributed by atoms with Crippen LogP contribution in [-0.4, -0.2) is 24.8 Å². The molecule has 0 spiro atoms. The Balaban J connectivity index is 1.75. The molecule has 0 amide bonds. The number of ketones is 1.